The molecule has 0 saturated heterocycles. The van der Waals surface area contributed by atoms with E-state index in [0.717, 1.165) is 41.2 Å². The molecule has 0 spiro atoms. The first-order chi connectivity index (χ1) is 15.7. The Morgan fingerprint density at radius 2 is 1.91 bits per heavy atom. The fourth-order valence-electron chi connectivity index (χ4n) is 4.09. The van der Waals surface area contributed by atoms with Gasteiger partial charge in [-0.05, 0) is 80.8 Å². The van der Waals surface area contributed by atoms with Crippen LogP contribution in [0.15, 0.2) is 42.5 Å². The van der Waals surface area contributed by atoms with Crippen LogP contribution in [-0.2, 0) is 17.8 Å². The zero-order valence-corrected chi connectivity index (χ0v) is 20.1. The van der Waals surface area contributed by atoms with Crippen molar-refractivity contribution in [2.75, 3.05) is 13.2 Å². The van der Waals surface area contributed by atoms with Crippen LogP contribution in [0.1, 0.15) is 75.0 Å². The molecule has 1 fully saturated rings. The molecule has 0 aromatic heterocycles. The number of nitrogens with one attached hydrogen (secondary N) is 1. The third-order valence-corrected chi connectivity index (χ3v) is 6.07. The number of alkyl halides is 1. The number of hydrogen-bond acceptors (Lipinski definition) is 4. The number of rotatable bonds is 7. The lowest BCUT2D eigenvalue weighted by molar-refractivity contribution is 0.0508. The quantitative estimate of drug-likeness (QED) is 0.550. The number of fused-ring (bicyclic) bond motifs is 1. The predicted octanol–water partition coefficient (Wildman–Crippen LogP) is 6.09. The summed E-state index contributed by atoms with van der Waals surface area (Å²) >= 11 is 0. The second kappa shape index (κ2) is 9.72. The number of alkyl carbamates (subject to hydrolysis) is 1. The van der Waals surface area contributed by atoms with Crippen LogP contribution in [0.3, 0.4) is 0 Å². The molecule has 33 heavy (non-hydrogen) atoms. The minimum Gasteiger partial charge on any atom is -0.493 e. The van der Waals surface area contributed by atoms with Gasteiger partial charge in [0.1, 0.15) is 17.5 Å². The Labute approximate surface area is 196 Å². The standard InChI is InChI=1S/C27H35FN2O3/c1-18(29-26(31)33-27(2,3)4)21-9-7-19(8-10-21)14-30-15-22-11-12-23(32-17-20-5-6-20)13-24(22)25(28)16-30/h7-13,18,20,25H,5-6,14-17H2,1-4H3,(H,29,31)/t18?,25-/m1/s1. The summed E-state index contributed by atoms with van der Waals surface area (Å²) in [7, 11) is 0. The van der Waals surface area contributed by atoms with Crippen molar-refractivity contribution in [3.8, 4) is 5.75 Å². The van der Waals surface area contributed by atoms with Crippen LogP contribution in [0.4, 0.5) is 9.18 Å². The van der Waals surface area contributed by atoms with E-state index in [2.05, 4.69) is 10.2 Å². The molecule has 1 amide bonds. The minimum absolute atomic E-state index is 0.165. The van der Waals surface area contributed by atoms with E-state index in [1.165, 1.54) is 12.8 Å². The van der Waals surface area contributed by atoms with Crippen molar-refractivity contribution >= 4 is 6.09 Å². The van der Waals surface area contributed by atoms with E-state index in [4.69, 9.17) is 9.47 Å². The van der Waals surface area contributed by atoms with Gasteiger partial charge in [-0.25, -0.2) is 9.18 Å². The fraction of sp³-hybridized carbons (Fsp3) is 0.519. The number of carbonyl (C=O) groups excluding carboxylic acids is 1. The number of carbonyl (C=O) groups is 1. The summed E-state index contributed by atoms with van der Waals surface area (Å²) in [5.41, 5.74) is 3.37. The molecule has 0 radical (unpaired) electrons. The molecule has 6 heteroatoms. The molecule has 1 aliphatic carbocycles. The number of amides is 1. The van der Waals surface area contributed by atoms with Crippen LogP contribution < -0.4 is 10.1 Å². The van der Waals surface area contributed by atoms with Crippen LogP contribution in [0.5, 0.6) is 5.75 Å². The Hall–Kier alpha value is -2.60. The average molecular weight is 455 g/mol. The van der Waals surface area contributed by atoms with Gasteiger partial charge in [0.25, 0.3) is 0 Å². The highest BCUT2D eigenvalue weighted by molar-refractivity contribution is 5.68. The molecule has 1 saturated carbocycles. The molecule has 1 heterocycles. The highest BCUT2D eigenvalue weighted by atomic mass is 19.1. The van der Waals surface area contributed by atoms with Crippen LogP contribution >= 0.6 is 0 Å². The van der Waals surface area contributed by atoms with Crippen LogP contribution in [0.25, 0.3) is 0 Å². The molecular weight excluding hydrogens is 419 g/mol. The second-order valence-electron chi connectivity index (χ2n) is 10.4. The van der Waals surface area contributed by atoms with Gasteiger partial charge in [0, 0.05) is 19.6 Å². The van der Waals surface area contributed by atoms with Crippen molar-refractivity contribution in [1.82, 2.24) is 10.2 Å². The summed E-state index contributed by atoms with van der Waals surface area (Å²) < 4.78 is 26.1. The summed E-state index contributed by atoms with van der Waals surface area (Å²) in [6, 6.07) is 13.8. The summed E-state index contributed by atoms with van der Waals surface area (Å²) in [5, 5.41) is 2.86. The van der Waals surface area contributed by atoms with E-state index in [1.807, 2.05) is 70.2 Å². The van der Waals surface area contributed by atoms with Crippen molar-refractivity contribution in [3.05, 3.63) is 64.7 Å². The molecule has 2 aromatic rings. The molecule has 5 nitrogen and oxygen atoms in total. The third-order valence-electron chi connectivity index (χ3n) is 6.07. The van der Waals surface area contributed by atoms with Crippen molar-refractivity contribution in [2.45, 2.75) is 71.4 Å². The van der Waals surface area contributed by atoms with Crippen LogP contribution in [0, 0.1) is 5.92 Å². The van der Waals surface area contributed by atoms with Gasteiger partial charge in [0.2, 0.25) is 0 Å². The first-order valence-corrected chi connectivity index (χ1v) is 11.9. The zero-order valence-electron chi connectivity index (χ0n) is 20.1. The molecule has 2 aliphatic rings. The third kappa shape index (κ3) is 6.70. The van der Waals surface area contributed by atoms with Gasteiger partial charge in [-0.15, -0.1) is 0 Å². The average Bonchev–Trinajstić information content (AvgIpc) is 3.56. The number of ether oxygens (including phenoxy) is 2. The summed E-state index contributed by atoms with van der Waals surface area (Å²) in [4.78, 5) is 14.1. The number of benzene rings is 2. The summed E-state index contributed by atoms with van der Waals surface area (Å²) in [6.45, 7) is 9.96. The molecule has 2 atom stereocenters. The molecule has 4 rings (SSSR count). The number of halogens is 1. The topological polar surface area (TPSA) is 50.8 Å². The maximum absolute atomic E-state index is 15.0. The monoisotopic (exact) mass is 454 g/mol. The lowest BCUT2D eigenvalue weighted by Crippen LogP contribution is -2.34. The van der Waals surface area contributed by atoms with Gasteiger partial charge >= 0.3 is 6.09 Å². The Morgan fingerprint density at radius 1 is 1.18 bits per heavy atom. The van der Waals surface area contributed by atoms with E-state index in [9.17, 15) is 9.18 Å². The molecule has 178 valence electrons. The van der Waals surface area contributed by atoms with E-state index < -0.39 is 17.9 Å². The Balaban J connectivity index is 1.32. The highest BCUT2D eigenvalue weighted by Crippen LogP contribution is 2.34. The van der Waals surface area contributed by atoms with E-state index in [-0.39, 0.29) is 6.04 Å². The normalized spacial score (nSPS) is 19.5. The number of nitrogens with zero attached hydrogens (tertiary/aromatic N) is 1. The first kappa shape index (κ1) is 23.6. The second-order valence-corrected chi connectivity index (χ2v) is 10.4. The van der Waals surface area contributed by atoms with Crippen LogP contribution in [0.2, 0.25) is 0 Å². The SMILES string of the molecule is CC(NC(=O)OC(C)(C)C)c1ccc(CN2Cc3ccc(OCC4CC4)cc3[C@H](F)C2)cc1. The van der Waals surface area contributed by atoms with Gasteiger partial charge in [-0.3, -0.25) is 4.90 Å². The minimum atomic E-state index is -1.02. The fourth-order valence-corrected chi connectivity index (χ4v) is 4.09. The molecular formula is C27H35FN2O3. The van der Waals surface area contributed by atoms with Crippen molar-refractivity contribution < 1.29 is 18.7 Å². The number of hydrogen-bond donors (Lipinski definition) is 1. The largest absolute Gasteiger partial charge is 0.493 e. The zero-order chi connectivity index (χ0) is 23.6. The Morgan fingerprint density at radius 3 is 2.58 bits per heavy atom. The predicted molar refractivity (Wildman–Crippen MR) is 127 cm³/mol. The molecule has 1 aliphatic heterocycles. The Kier molecular flexibility index (Phi) is 6.94. The molecule has 1 N–H and O–H groups in total. The molecule has 2 aromatic carbocycles. The Bertz CT molecular complexity index is 966. The van der Waals surface area contributed by atoms with Crippen molar-refractivity contribution in [3.63, 3.8) is 0 Å². The van der Waals surface area contributed by atoms with E-state index in [0.29, 0.717) is 19.0 Å². The van der Waals surface area contributed by atoms with E-state index >= 15 is 0 Å². The van der Waals surface area contributed by atoms with Gasteiger partial charge in [-0.2, -0.15) is 0 Å². The lowest BCUT2D eigenvalue weighted by atomic mass is 9.97. The molecule has 0 bridgehead atoms. The van der Waals surface area contributed by atoms with Gasteiger partial charge in [0.05, 0.1) is 12.6 Å². The summed E-state index contributed by atoms with van der Waals surface area (Å²) in [5.74, 6) is 1.46. The maximum Gasteiger partial charge on any atom is 0.408 e. The van der Waals surface area contributed by atoms with E-state index in [1.54, 1.807) is 0 Å². The first-order valence-electron chi connectivity index (χ1n) is 11.9. The van der Waals surface area contributed by atoms with Crippen LogP contribution in [-0.4, -0.2) is 29.7 Å². The highest BCUT2D eigenvalue weighted by Gasteiger charge is 2.27. The summed E-state index contributed by atoms with van der Waals surface area (Å²) in [6.07, 6.45) is 1.04. The van der Waals surface area contributed by atoms with Crippen molar-refractivity contribution in [1.29, 1.82) is 0 Å². The van der Waals surface area contributed by atoms with Gasteiger partial charge in [-0.1, -0.05) is 30.3 Å². The smallest absolute Gasteiger partial charge is 0.408 e. The van der Waals surface area contributed by atoms with Gasteiger partial charge < -0.3 is 14.8 Å². The van der Waals surface area contributed by atoms with Crippen molar-refractivity contribution in [2.24, 2.45) is 5.92 Å². The molecule has 1 unspecified atom stereocenters. The maximum atomic E-state index is 15.0. The van der Waals surface area contributed by atoms with Gasteiger partial charge in [0.15, 0.2) is 0 Å². The lowest BCUT2D eigenvalue weighted by Gasteiger charge is -2.31.